The minimum Gasteiger partial charge on any atom is -0.493 e. The van der Waals surface area contributed by atoms with Crippen molar-refractivity contribution in [1.29, 1.82) is 0 Å². The Morgan fingerprint density at radius 1 is 1.20 bits per heavy atom. The Morgan fingerprint density at radius 3 is 2.77 bits per heavy atom. The molecule has 2 aliphatic heterocycles. The third-order valence-electron chi connectivity index (χ3n) is 6.95. The SMILES string of the molecule is O=S(=O)(Nc1ncns1)c1ccc2c(c1)OCC[C@@H]2N1CC[C@@H](C(F)(F)F)C[C@@H]1C1C=CC=CC1. The van der Waals surface area contributed by atoms with E-state index in [0.29, 0.717) is 31.7 Å². The Balaban J connectivity index is 1.43. The number of fused-ring (bicyclic) bond motifs is 1. The number of hydrogen-bond donors (Lipinski definition) is 1. The molecule has 0 saturated carbocycles. The molecule has 1 unspecified atom stereocenters. The fourth-order valence-corrected chi connectivity index (χ4v) is 6.94. The number of alkyl halides is 3. The molecule has 5 rings (SSSR count). The van der Waals surface area contributed by atoms with Gasteiger partial charge in [-0.3, -0.25) is 9.62 Å². The molecule has 1 fully saturated rings. The lowest BCUT2D eigenvalue weighted by atomic mass is 9.79. The van der Waals surface area contributed by atoms with E-state index in [1.165, 1.54) is 18.5 Å². The van der Waals surface area contributed by atoms with E-state index in [-0.39, 0.29) is 40.9 Å². The lowest BCUT2D eigenvalue weighted by molar-refractivity contribution is -0.193. The number of allylic oxidation sites excluding steroid dienone is 3. The largest absolute Gasteiger partial charge is 0.493 e. The Labute approximate surface area is 205 Å². The zero-order valence-electron chi connectivity index (χ0n) is 18.7. The molecule has 35 heavy (non-hydrogen) atoms. The van der Waals surface area contributed by atoms with Crippen LogP contribution in [0.5, 0.6) is 5.75 Å². The maximum Gasteiger partial charge on any atom is 0.391 e. The van der Waals surface area contributed by atoms with Gasteiger partial charge in [0.1, 0.15) is 12.1 Å². The van der Waals surface area contributed by atoms with E-state index in [1.807, 2.05) is 24.3 Å². The number of ether oxygens (including phenoxy) is 1. The van der Waals surface area contributed by atoms with Gasteiger partial charge in [-0.2, -0.15) is 17.5 Å². The first kappa shape index (κ1) is 24.3. The second-order valence-corrected chi connectivity index (χ2v) is 11.4. The topological polar surface area (TPSA) is 84.4 Å². The molecule has 1 aromatic heterocycles. The van der Waals surface area contributed by atoms with Crippen LogP contribution >= 0.6 is 11.5 Å². The van der Waals surface area contributed by atoms with Crippen molar-refractivity contribution in [2.75, 3.05) is 17.9 Å². The van der Waals surface area contributed by atoms with Crippen LogP contribution in [0.4, 0.5) is 18.3 Å². The van der Waals surface area contributed by atoms with Gasteiger partial charge >= 0.3 is 6.18 Å². The summed E-state index contributed by atoms with van der Waals surface area (Å²) < 4.78 is 78.5. The molecule has 3 aliphatic rings. The molecule has 2 aromatic rings. The van der Waals surface area contributed by atoms with Gasteiger partial charge in [-0.25, -0.2) is 13.4 Å². The predicted octanol–water partition coefficient (Wildman–Crippen LogP) is 4.94. The summed E-state index contributed by atoms with van der Waals surface area (Å²) in [7, 11) is -3.89. The number of nitrogens with one attached hydrogen (secondary N) is 1. The van der Waals surface area contributed by atoms with E-state index in [9.17, 15) is 21.6 Å². The van der Waals surface area contributed by atoms with Gasteiger partial charge in [0.15, 0.2) is 0 Å². The molecule has 7 nitrogen and oxygen atoms in total. The van der Waals surface area contributed by atoms with Gasteiger partial charge in [0.2, 0.25) is 5.13 Å². The van der Waals surface area contributed by atoms with E-state index in [2.05, 4.69) is 19.0 Å². The van der Waals surface area contributed by atoms with Crippen LogP contribution < -0.4 is 9.46 Å². The number of hydrogen-bond acceptors (Lipinski definition) is 7. The number of rotatable bonds is 5. The predicted molar refractivity (Wildman–Crippen MR) is 126 cm³/mol. The fourth-order valence-electron chi connectivity index (χ4n) is 5.26. The monoisotopic (exact) mass is 526 g/mol. The third-order valence-corrected chi connectivity index (χ3v) is 8.99. The molecule has 1 aliphatic carbocycles. The molecule has 188 valence electrons. The van der Waals surface area contributed by atoms with Crippen molar-refractivity contribution >= 4 is 26.7 Å². The van der Waals surface area contributed by atoms with Crippen LogP contribution in [0.3, 0.4) is 0 Å². The highest BCUT2D eigenvalue weighted by molar-refractivity contribution is 7.93. The number of piperidine rings is 1. The smallest absolute Gasteiger partial charge is 0.391 e. The Bertz CT molecular complexity index is 1220. The van der Waals surface area contributed by atoms with E-state index < -0.39 is 22.1 Å². The van der Waals surface area contributed by atoms with Crippen molar-refractivity contribution in [2.45, 2.75) is 48.8 Å². The summed E-state index contributed by atoms with van der Waals surface area (Å²) in [5.41, 5.74) is 0.803. The lowest BCUT2D eigenvalue weighted by Crippen LogP contribution is -2.51. The van der Waals surface area contributed by atoms with E-state index in [0.717, 1.165) is 17.1 Å². The van der Waals surface area contributed by atoms with Crippen LogP contribution in [0.2, 0.25) is 0 Å². The summed E-state index contributed by atoms with van der Waals surface area (Å²) in [5.74, 6) is -0.884. The highest BCUT2D eigenvalue weighted by Crippen LogP contribution is 2.46. The number of halogens is 3. The molecule has 1 N–H and O–H groups in total. The van der Waals surface area contributed by atoms with Gasteiger partial charge in [-0.05, 0) is 37.8 Å². The molecule has 4 atom stereocenters. The van der Waals surface area contributed by atoms with Gasteiger partial charge in [-0.15, -0.1) is 0 Å². The Hall–Kier alpha value is -2.44. The molecule has 0 radical (unpaired) electrons. The van der Waals surface area contributed by atoms with Gasteiger partial charge in [0.05, 0.1) is 17.4 Å². The third kappa shape index (κ3) is 5.10. The average Bonchev–Trinajstić information content (AvgIpc) is 3.35. The quantitative estimate of drug-likeness (QED) is 0.594. The van der Waals surface area contributed by atoms with Crippen molar-refractivity contribution in [3.05, 3.63) is 54.4 Å². The molecule has 1 saturated heterocycles. The van der Waals surface area contributed by atoms with Crippen LogP contribution in [0.15, 0.2) is 53.7 Å². The number of anilines is 1. The highest BCUT2D eigenvalue weighted by Gasteiger charge is 2.47. The lowest BCUT2D eigenvalue weighted by Gasteiger charge is -2.48. The normalized spacial score (nSPS) is 27.3. The maximum atomic E-state index is 13.6. The summed E-state index contributed by atoms with van der Waals surface area (Å²) in [6, 6.07) is 4.29. The van der Waals surface area contributed by atoms with Gasteiger partial charge in [0, 0.05) is 41.7 Å². The van der Waals surface area contributed by atoms with Crippen molar-refractivity contribution in [1.82, 2.24) is 14.3 Å². The molecule has 0 amide bonds. The van der Waals surface area contributed by atoms with Crippen molar-refractivity contribution in [3.63, 3.8) is 0 Å². The summed E-state index contributed by atoms with van der Waals surface area (Å²) in [6.07, 6.45) is 6.32. The van der Waals surface area contributed by atoms with E-state index >= 15 is 0 Å². The molecular formula is C23H25F3N4O3S2. The number of likely N-dealkylation sites (tertiary alicyclic amines) is 1. The summed E-state index contributed by atoms with van der Waals surface area (Å²) in [4.78, 5) is 6.07. The van der Waals surface area contributed by atoms with Crippen LogP contribution in [0, 0.1) is 11.8 Å². The number of nitrogens with zero attached hydrogens (tertiary/aromatic N) is 3. The Morgan fingerprint density at radius 2 is 2.06 bits per heavy atom. The number of sulfonamides is 1. The number of aromatic nitrogens is 2. The van der Waals surface area contributed by atoms with E-state index in [4.69, 9.17) is 4.74 Å². The summed E-state index contributed by atoms with van der Waals surface area (Å²) >= 11 is 0.928. The Kier molecular flexibility index (Phi) is 6.62. The van der Waals surface area contributed by atoms with Crippen molar-refractivity contribution in [2.24, 2.45) is 11.8 Å². The second kappa shape index (κ2) is 9.55. The van der Waals surface area contributed by atoms with Crippen LogP contribution in [-0.2, 0) is 10.0 Å². The molecule has 1 aromatic carbocycles. The molecule has 0 spiro atoms. The first-order chi connectivity index (χ1) is 16.7. The van der Waals surface area contributed by atoms with E-state index in [1.54, 1.807) is 6.07 Å². The zero-order valence-corrected chi connectivity index (χ0v) is 20.3. The summed E-state index contributed by atoms with van der Waals surface area (Å²) in [6.45, 7) is 0.684. The fraction of sp³-hybridized carbons (Fsp3) is 0.478. The molecule has 3 heterocycles. The first-order valence-corrected chi connectivity index (χ1v) is 13.7. The van der Waals surface area contributed by atoms with Crippen molar-refractivity contribution < 1.29 is 26.3 Å². The van der Waals surface area contributed by atoms with Gasteiger partial charge in [-0.1, -0.05) is 30.4 Å². The van der Waals surface area contributed by atoms with Crippen LogP contribution in [0.25, 0.3) is 0 Å². The molecular weight excluding hydrogens is 501 g/mol. The second-order valence-electron chi connectivity index (χ2n) is 8.99. The zero-order chi connectivity index (χ0) is 24.6. The highest BCUT2D eigenvalue weighted by atomic mass is 32.2. The molecule has 12 heteroatoms. The van der Waals surface area contributed by atoms with Crippen LogP contribution in [-0.4, -0.2) is 48.0 Å². The standard InChI is InChI=1S/C23H25F3N4O3S2/c24-23(25,26)16-8-10-30(20(12-16)15-4-2-1-3-5-15)19-9-11-33-21-13-17(6-7-18(19)21)35(31,32)29-22-27-14-28-34-22/h1-4,6-7,13-16,19-20H,5,8-12H2,(H,27,28,29)/t15?,16-,19+,20-/m1/s1. The van der Waals surface area contributed by atoms with Gasteiger partial charge < -0.3 is 4.74 Å². The van der Waals surface area contributed by atoms with Crippen LogP contribution in [0.1, 0.15) is 37.3 Å². The molecule has 0 bridgehead atoms. The summed E-state index contributed by atoms with van der Waals surface area (Å²) in [5, 5.41) is 0.159. The average molecular weight is 527 g/mol. The minimum atomic E-state index is -4.21. The number of benzene rings is 1. The minimum absolute atomic E-state index is 0.00722. The van der Waals surface area contributed by atoms with Crippen molar-refractivity contribution in [3.8, 4) is 5.75 Å². The maximum absolute atomic E-state index is 13.6. The first-order valence-electron chi connectivity index (χ1n) is 11.4. The van der Waals surface area contributed by atoms with Gasteiger partial charge in [0.25, 0.3) is 10.0 Å².